The number of nitrogens with two attached hydrogens (primary N) is 1. The summed E-state index contributed by atoms with van der Waals surface area (Å²) in [6.45, 7) is 6.62. The maximum atomic E-state index is 13.4. The summed E-state index contributed by atoms with van der Waals surface area (Å²) in [5, 5.41) is 0. The smallest absolute Gasteiger partial charge is 0.159 e. The molecular weight excluding hydrogens is 280 g/mol. The minimum absolute atomic E-state index is 0.293. The van der Waals surface area contributed by atoms with E-state index < -0.39 is 11.6 Å². The van der Waals surface area contributed by atoms with E-state index in [-0.39, 0.29) is 6.04 Å². The van der Waals surface area contributed by atoms with Crippen LogP contribution in [0.4, 0.5) is 8.78 Å². The van der Waals surface area contributed by atoms with Crippen LogP contribution < -0.4 is 5.73 Å². The average Bonchev–Trinajstić information content (AvgIpc) is 2.43. The van der Waals surface area contributed by atoms with Crippen LogP contribution in [0.2, 0.25) is 0 Å². The lowest BCUT2D eigenvalue weighted by Gasteiger charge is -2.38. The molecule has 1 fully saturated rings. The molecule has 2 rings (SSSR count). The van der Waals surface area contributed by atoms with E-state index in [2.05, 4.69) is 16.7 Å². The van der Waals surface area contributed by atoms with E-state index in [0.29, 0.717) is 10.6 Å². The average molecular weight is 299 g/mol. The Morgan fingerprint density at radius 2 is 1.90 bits per heavy atom. The van der Waals surface area contributed by atoms with Crippen LogP contribution in [-0.4, -0.2) is 47.5 Å². The number of likely N-dealkylation sites (N-methyl/N-ethyl adjacent to an activating group) is 1. The molecule has 6 heteroatoms. The van der Waals surface area contributed by atoms with E-state index in [1.807, 2.05) is 0 Å². The van der Waals surface area contributed by atoms with Crippen molar-refractivity contribution in [1.82, 2.24) is 9.80 Å². The maximum absolute atomic E-state index is 13.4. The highest BCUT2D eigenvalue weighted by molar-refractivity contribution is 7.80. The fourth-order valence-electron chi connectivity index (χ4n) is 2.58. The Morgan fingerprint density at radius 3 is 2.40 bits per heavy atom. The topological polar surface area (TPSA) is 32.5 Å². The van der Waals surface area contributed by atoms with Crippen LogP contribution in [0.5, 0.6) is 0 Å². The SMILES string of the molecule is CCN1CCN(C(C(N)=S)c2ccc(F)c(F)c2)CC1. The van der Waals surface area contributed by atoms with Gasteiger partial charge in [-0.1, -0.05) is 25.2 Å². The number of nitrogens with zero attached hydrogens (tertiary/aromatic N) is 2. The molecule has 0 amide bonds. The molecule has 0 radical (unpaired) electrons. The van der Waals surface area contributed by atoms with Crippen LogP contribution in [0.25, 0.3) is 0 Å². The lowest BCUT2D eigenvalue weighted by atomic mass is 10.0. The van der Waals surface area contributed by atoms with Crippen molar-refractivity contribution in [2.75, 3.05) is 32.7 Å². The van der Waals surface area contributed by atoms with E-state index in [1.54, 1.807) is 6.07 Å². The molecule has 0 saturated carbocycles. The van der Waals surface area contributed by atoms with E-state index in [4.69, 9.17) is 18.0 Å². The molecule has 1 atom stereocenters. The molecular formula is C14H19F2N3S. The highest BCUT2D eigenvalue weighted by Gasteiger charge is 2.27. The van der Waals surface area contributed by atoms with Crippen molar-refractivity contribution in [1.29, 1.82) is 0 Å². The van der Waals surface area contributed by atoms with Gasteiger partial charge in [0, 0.05) is 26.2 Å². The highest BCUT2D eigenvalue weighted by Crippen LogP contribution is 2.24. The van der Waals surface area contributed by atoms with Gasteiger partial charge in [-0.15, -0.1) is 0 Å². The molecule has 1 aromatic rings. The first-order valence-corrected chi connectivity index (χ1v) is 7.14. The minimum atomic E-state index is -0.865. The van der Waals surface area contributed by atoms with Gasteiger partial charge in [-0.2, -0.15) is 0 Å². The van der Waals surface area contributed by atoms with Crippen LogP contribution >= 0.6 is 12.2 Å². The number of benzene rings is 1. The molecule has 110 valence electrons. The van der Waals surface area contributed by atoms with Gasteiger partial charge in [-0.3, -0.25) is 4.90 Å². The van der Waals surface area contributed by atoms with E-state index >= 15 is 0 Å². The molecule has 0 aromatic heterocycles. The lowest BCUT2D eigenvalue weighted by molar-refractivity contribution is 0.122. The predicted octanol–water partition coefficient (Wildman–Crippen LogP) is 1.93. The van der Waals surface area contributed by atoms with Crippen molar-refractivity contribution in [2.24, 2.45) is 5.73 Å². The molecule has 0 aliphatic carbocycles. The van der Waals surface area contributed by atoms with Crippen LogP contribution in [-0.2, 0) is 0 Å². The van der Waals surface area contributed by atoms with Gasteiger partial charge in [0.25, 0.3) is 0 Å². The zero-order valence-electron chi connectivity index (χ0n) is 11.5. The van der Waals surface area contributed by atoms with Crippen LogP contribution in [0.3, 0.4) is 0 Å². The zero-order chi connectivity index (χ0) is 14.7. The van der Waals surface area contributed by atoms with Crippen LogP contribution in [0.1, 0.15) is 18.5 Å². The normalized spacial score (nSPS) is 18.9. The van der Waals surface area contributed by atoms with Gasteiger partial charge in [0.2, 0.25) is 0 Å². The first kappa shape index (κ1) is 15.3. The first-order valence-electron chi connectivity index (χ1n) is 6.73. The Bertz CT molecular complexity index is 487. The van der Waals surface area contributed by atoms with Gasteiger partial charge < -0.3 is 10.6 Å². The van der Waals surface area contributed by atoms with Gasteiger partial charge in [0.1, 0.15) is 0 Å². The Balaban J connectivity index is 2.19. The number of rotatable bonds is 4. The van der Waals surface area contributed by atoms with Crippen molar-refractivity contribution in [3.05, 3.63) is 35.4 Å². The van der Waals surface area contributed by atoms with E-state index in [0.717, 1.165) is 38.8 Å². The van der Waals surface area contributed by atoms with E-state index in [9.17, 15) is 8.78 Å². The monoisotopic (exact) mass is 299 g/mol. The highest BCUT2D eigenvalue weighted by atomic mass is 32.1. The Labute approximate surface area is 123 Å². The third kappa shape index (κ3) is 3.31. The Hall–Kier alpha value is -1.11. The second kappa shape index (κ2) is 6.56. The Kier molecular flexibility index (Phi) is 5.01. The number of halogens is 2. The number of hydrogen-bond acceptors (Lipinski definition) is 3. The fourth-order valence-corrected chi connectivity index (χ4v) is 2.86. The number of thiocarbonyl (C=S) groups is 1. The summed E-state index contributed by atoms with van der Waals surface area (Å²) in [7, 11) is 0. The summed E-state index contributed by atoms with van der Waals surface area (Å²) >= 11 is 5.12. The van der Waals surface area contributed by atoms with Crippen molar-refractivity contribution < 1.29 is 8.78 Å². The molecule has 0 spiro atoms. The summed E-state index contributed by atoms with van der Waals surface area (Å²) in [5.74, 6) is -1.72. The summed E-state index contributed by atoms with van der Waals surface area (Å²) in [6.07, 6.45) is 0. The lowest BCUT2D eigenvalue weighted by Crippen LogP contribution is -2.49. The molecule has 1 aliphatic rings. The second-order valence-electron chi connectivity index (χ2n) is 4.95. The van der Waals surface area contributed by atoms with Crippen LogP contribution in [0.15, 0.2) is 18.2 Å². The van der Waals surface area contributed by atoms with Gasteiger partial charge in [0.05, 0.1) is 11.0 Å². The van der Waals surface area contributed by atoms with Crippen molar-refractivity contribution in [2.45, 2.75) is 13.0 Å². The standard InChI is InChI=1S/C14H19F2N3S/c1-2-18-5-7-19(8-6-18)13(14(17)20)10-3-4-11(15)12(16)9-10/h3-4,9,13H,2,5-8H2,1H3,(H2,17,20). The summed E-state index contributed by atoms with van der Waals surface area (Å²) in [5.41, 5.74) is 6.43. The molecule has 2 N–H and O–H groups in total. The van der Waals surface area contributed by atoms with Gasteiger partial charge in [-0.25, -0.2) is 8.78 Å². The molecule has 1 aliphatic heterocycles. The summed E-state index contributed by atoms with van der Waals surface area (Å²) in [4.78, 5) is 4.75. The third-order valence-electron chi connectivity index (χ3n) is 3.75. The summed E-state index contributed by atoms with van der Waals surface area (Å²) in [6, 6.07) is 3.52. The Morgan fingerprint density at radius 1 is 1.25 bits per heavy atom. The first-order chi connectivity index (χ1) is 9.52. The zero-order valence-corrected chi connectivity index (χ0v) is 12.3. The quantitative estimate of drug-likeness (QED) is 0.861. The van der Waals surface area contributed by atoms with E-state index in [1.165, 1.54) is 6.07 Å². The van der Waals surface area contributed by atoms with Gasteiger partial charge in [-0.05, 0) is 24.2 Å². The summed E-state index contributed by atoms with van der Waals surface area (Å²) < 4.78 is 26.4. The molecule has 1 saturated heterocycles. The molecule has 3 nitrogen and oxygen atoms in total. The van der Waals surface area contributed by atoms with Crippen molar-refractivity contribution in [3.63, 3.8) is 0 Å². The third-order valence-corrected chi connectivity index (χ3v) is 3.97. The maximum Gasteiger partial charge on any atom is 0.159 e. The molecule has 20 heavy (non-hydrogen) atoms. The molecule has 1 unspecified atom stereocenters. The number of hydrogen-bond donors (Lipinski definition) is 1. The minimum Gasteiger partial charge on any atom is -0.392 e. The second-order valence-corrected chi connectivity index (χ2v) is 5.42. The van der Waals surface area contributed by atoms with Crippen molar-refractivity contribution >= 4 is 17.2 Å². The molecule has 1 aromatic carbocycles. The number of piperazine rings is 1. The van der Waals surface area contributed by atoms with Gasteiger partial charge in [0.15, 0.2) is 11.6 Å². The van der Waals surface area contributed by atoms with Crippen LogP contribution in [0, 0.1) is 11.6 Å². The van der Waals surface area contributed by atoms with Crippen molar-refractivity contribution in [3.8, 4) is 0 Å². The largest absolute Gasteiger partial charge is 0.392 e. The predicted molar refractivity (Wildman–Crippen MR) is 79.6 cm³/mol. The molecule has 0 bridgehead atoms. The molecule has 1 heterocycles. The van der Waals surface area contributed by atoms with Gasteiger partial charge >= 0.3 is 0 Å². The fraction of sp³-hybridized carbons (Fsp3) is 0.500.